The van der Waals surface area contributed by atoms with Crippen LogP contribution in [0.1, 0.15) is 30.9 Å². The number of amides is 3. The summed E-state index contributed by atoms with van der Waals surface area (Å²) in [6.45, 7) is 5.29. The predicted octanol–water partition coefficient (Wildman–Crippen LogP) is 4.62. The molecule has 0 bridgehead atoms. The van der Waals surface area contributed by atoms with Gasteiger partial charge in [0.15, 0.2) is 0 Å². The van der Waals surface area contributed by atoms with Crippen molar-refractivity contribution >= 4 is 29.2 Å². The van der Waals surface area contributed by atoms with Crippen molar-refractivity contribution in [1.82, 2.24) is 10.2 Å². The van der Waals surface area contributed by atoms with Crippen LogP contribution in [0.3, 0.4) is 0 Å². The number of urea groups is 1. The van der Waals surface area contributed by atoms with Crippen molar-refractivity contribution in [2.24, 2.45) is 5.41 Å². The summed E-state index contributed by atoms with van der Waals surface area (Å²) < 4.78 is 10.6. The Hall–Kier alpha value is -2.93. The molecule has 8 heteroatoms. The van der Waals surface area contributed by atoms with Crippen LogP contribution in [0.5, 0.6) is 11.5 Å². The first-order valence-corrected chi connectivity index (χ1v) is 11.0. The standard InChI is InChI=1S/C24H30ClN3O4/c1-16-8-5-6-9-17(16)14-26-22(29)24(2)10-7-11-28(15-24)23(30)27-19-12-18(25)20(31-3)13-21(19)32-4/h5-6,8-9,12-13H,7,10-11,14-15H2,1-4H3,(H,26,29)(H,27,30). The Morgan fingerprint density at radius 2 is 1.88 bits per heavy atom. The van der Waals surface area contributed by atoms with Gasteiger partial charge in [-0.1, -0.05) is 35.9 Å². The molecule has 1 saturated heterocycles. The molecule has 3 amide bonds. The molecular weight excluding hydrogens is 430 g/mol. The molecule has 172 valence electrons. The van der Waals surface area contributed by atoms with E-state index in [-0.39, 0.29) is 11.9 Å². The second-order valence-corrected chi connectivity index (χ2v) is 8.72. The van der Waals surface area contributed by atoms with Crippen molar-refractivity contribution in [1.29, 1.82) is 0 Å². The fourth-order valence-electron chi connectivity index (χ4n) is 3.95. The number of benzene rings is 2. The third-order valence-corrected chi connectivity index (χ3v) is 6.24. The molecule has 1 aliphatic heterocycles. The molecule has 2 N–H and O–H groups in total. The number of anilines is 1. The van der Waals surface area contributed by atoms with Crippen LogP contribution in [0, 0.1) is 12.3 Å². The minimum Gasteiger partial charge on any atom is -0.495 e. The summed E-state index contributed by atoms with van der Waals surface area (Å²) in [6, 6.07) is 10.9. The van der Waals surface area contributed by atoms with Gasteiger partial charge in [-0.3, -0.25) is 4.79 Å². The SMILES string of the molecule is COc1cc(OC)c(NC(=O)N2CCCC(C)(C(=O)NCc3ccccc3C)C2)cc1Cl. The summed E-state index contributed by atoms with van der Waals surface area (Å²) in [6.07, 6.45) is 1.45. The number of rotatable bonds is 6. The zero-order valence-electron chi connectivity index (χ0n) is 19.0. The van der Waals surface area contributed by atoms with E-state index in [9.17, 15) is 9.59 Å². The van der Waals surface area contributed by atoms with Gasteiger partial charge in [-0.2, -0.15) is 0 Å². The highest BCUT2D eigenvalue weighted by molar-refractivity contribution is 6.32. The van der Waals surface area contributed by atoms with Crippen molar-refractivity contribution in [2.75, 3.05) is 32.6 Å². The van der Waals surface area contributed by atoms with Crippen LogP contribution in [0.15, 0.2) is 36.4 Å². The lowest BCUT2D eigenvalue weighted by atomic mass is 9.81. The van der Waals surface area contributed by atoms with Gasteiger partial charge in [0.1, 0.15) is 11.5 Å². The number of nitrogens with zero attached hydrogens (tertiary/aromatic N) is 1. The fraction of sp³-hybridized carbons (Fsp3) is 0.417. The van der Waals surface area contributed by atoms with Crippen molar-refractivity contribution in [3.8, 4) is 11.5 Å². The third kappa shape index (κ3) is 5.27. The van der Waals surface area contributed by atoms with Gasteiger partial charge < -0.3 is 25.0 Å². The van der Waals surface area contributed by atoms with Crippen LogP contribution < -0.4 is 20.1 Å². The van der Waals surface area contributed by atoms with Crippen LogP contribution >= 0.6 is 11.6 Å². The second-order valence-electron chi connectivity index (χ2n) is 8.31. The maximum absolute atomic E-state index is 13.0. The van der Waals surface area contributed by atoms with Crippen LogP contribution in [-0.4, -0.2) is 44.1 Å². The van der Waals surface area contributed by atoms with Gasteiger partial charge >= 0.3 is 6.03 Å². The molecule has 32 heavy (non-hydrogen) atoms. The zero-order valence-corrected chi connectivity index (χ0v) is 19.7. The van der Waals surface area contributed by atoms with Crippen LogP contribution in [0.2, 0.25) is 5.02 Å². The molecule has 7 nitrogen and oxygen atoms in total. The van der Waals surface area contributed by atoms with E-state index in [1.807, 2.05) is 38.1 Å². The van der Waals surface area contributed by atoms with Gasteiger partial charge in [0.2, 0.25) is 5.91 Å². The molecule has 2 aromatic carbocycles. The average Bonchev–Trinajstić information content (AvgIpc) is 2.78. The smallest absolute Gasteiger partial charge is 0.321 e. The molecule has 1 atom stereocenters. The number of methoxy groups -OCH3 is 2. The van der Waals surface area contributed by atoms with E-state index < -0.39 is 5.41 Å². The summed E-state index contributed by atoms with van der Waals surface area (Å²) in [7, 11) is 3.02. The Bertz CT molecular complexity index is 997. The number of nitrogens with one attached hydrogen (secondary N) is 2. The quantitative estimate of drug-likeness (QED) is 0.660. The first-order chi connectivity index (χ1) is 15.3. The lowest BCUT2D eigenvalue weighted by molar-refractivity contribution is -0.132. The zero-order chi connectivity index (χ0) is 23.3. The number of halogens is 1. The van der Waals surface area contributed by atoms with Gasteiger partial charge in [0.25, 0.3) is 0 Å². The summed E-state index contributed by atoms with van der Waals surface area (Å²) in [4.78, 5) is 27.7. The Morgan fingerprint density at radius 3 is 2.56 bits per heavy atom. The topological polar surface area (TPSA) is 79.9 Å². The van der Waals surface area contributed by atoms with E-state index in [1.54, 1.807) is 17.0 Å². The third-order valence-electron chi connectivity index (χ3n) is 5.95. The first-order valence-electron chi connectivity index (χ1n) is 10.6. The molecule has 1 unspecified atom stereocenters. The maximum atomic E-state index is 13.0. The number of piperidine rings is 1. The molecule has 1 aliphatic rings. The molecule has 0 aromatic heterocycles. The number of hydrogen-bond acceptors (Lipinski definition) is 4. The van der Waals surface area contributed by atoms with Gasteiger partial charge in [0, 0.05) is 25.7 Å². The van der Waals surface area contributed by atoms with E-state index >= 15 is 0 Å². The number of hydrogen-bond donors (Lipinski definition) is 2. The average molecular weight is 460 g/mol. The molecule has 1 fully saturated rings. The normalized spacial score (nSPS) is 18.1. The number of aryl methyl sites for hydroxylation is 1. The molecule has 2 aromatic rings. The molecule has 1 heterocycles. The van der Waals surface area contributed by atoms with Crippen LogP contribution in [-0.2, 0) is 11.3 Å². The summed E-state index contributed by atoms with van der Waals surface area (Å²) >= 11 is 6.21. The van der Waals surface area contributed by atoms with Gasteiger partial charge in [-0.05, 0) is 43.9 Å². The number of likely N-dealkylation sites (tertiary alicyclic amines) is 1. The minimum absolute atomic E-state index is 0.0525. The van der Waals surface area contributed by atoms with Crippen molar-refractivity contribution in [2.45, 2.75) is 33.2 Å². The van der Waals surface area contributed by atoms with E-state index in [0.717, 1.165) is 17.5 Å². The first kappa shape index (κ1) is 23.7. The van der Waals surface area contributed by atoms with Crippen LogP contribution in [0.25, 0.3) is 0 Å². The summed E-state index contributed by atoms with van der Waals surface area (Å²) in [5.74, 6) is 0.844. The molecule has 0 radical (unpaired) electrons. The van der Waals surface area contributed by atoms with Crippen molar-refractivity contribution in [3.05, 3.63) is 52.5 Å². The molecule has 0 saturated carbocycles. The van der Waals surface area contributed by atoms with E-state index in [0.29, 0.717) is 48.3 Å². The van der Waals surface area contributed by atoms with Crippen molar-refractivity contribution in [3.63, 3.8) is 0 Å². The summed E-state index contributed by atoms with van der Waals surface area (Å²) in [5.41, 5.74) is 1.99. The Labute approximate surface area is 194 Å². The molecule has 0 spiro atoms. The number of carbonyl (C=O) groups excluding carboxylic acids is 2. The Morgan fingerprint density at radius 1 is 1.16 bits per heavy atom. The second kappa shape index (κ2) is 10.1. The van der Waals surface area contributed by atoms with E-state index in [1.165, 1.54) is 14.2 Å². The Balaban J connectivity index is 1.67. The van der Waals surface area contributed by atoms with Gasteiger partial charge in [-0.25, -0.2) is 4.79 Å². The Kier molecular flexibility index (Phi) is 7.51. The monoisotopic (exact) mass is 459 g/mol. The van der Waals surface area contributed by atoms with Crippen LogP contribution in [0.4, 0.5) is 10.5 Å². The fourth-order valence-corrected chi connectivity index (χ4v) is 4.19. The molecule has 0 aliphatic carbocycles. The maximum Gasteiger partial charge on any atom is 0.321 e. The lowest BCUT2D eigenvalue weighted by Gasteiger charge is -2.39. The highest BCUT2D eigenvalue weighted by Gasteiger charge is 2.39. The summed E-state index contributed by atoms with van der Waals surface area (Å²) in [5, 5.41) is 6.27. The highest BCUT2D eigenvalue weighted by Crippen LogP contribution is 2.36. The minimum atomic E-state index is -0.667. The highest BCUT2D eigenvalue weighted by atomic mass is 35.5. The largest absolute Gasteiger partial charge is 0.495 e. The molecular formula is C24H30ClN3O4. The van der Waals surface area contributed by atoms with Crippen molar-refractivity contribution < 1.29 is 19.1 Å². The number of carbonyl (C=O) groups is 2. The molecule has 3 rings (SSSR count). The van der Waals surface area contributed by atoms with E-state index in [4.69, 9.17) is 21.1 Å². The van der Waals surface area contributed by atoms with Gasteiger partial charge in [-0.15, -0.1) is 0 Å². The van der Waals surface area contributed by atoms with Gasteiger partial charge in [0.05, 0.1) is 30.3 Å². The lowest BCUT2D eigenvalue weighted by Crippen LogP contribution is -2.52. The predicted molar refractivity (Wildman–Crippen MR) is 126 cm³/mol. The number of ether oxygens (including phenoxy) is 2. The van der Waals surface area contributed by atoms with E-state index in [2.05, 4.69) is 10.6 Å².